The molecular formula is C13H18FNO2S. The van der Waals surface area contributed by atoms with Crippen molar-refractivity contribution in [3.05, 3.63) is 29.6 Å². The molecule has 1 aliphatic rings. The zero-order valence-corrected chi connectivity index (χ0v) is 11.6. The lowest BCUT2D eigenvalue weighted by atomic mass is 10.0. The Bertz CT molecular complexity index is 433. The summed E-state index contributed by atoms with van der Waals surface area (Å²) in [6.07, 6.45) is 0.693. The van der Waals surface area contributed by atoms with E-state index in [9.17, 15) is 8.94 Å². The van der Waals surface area contributed by atoms with Gasteiger partial charge >= 0.3 is 0 Å². The second-order valence-corrected chi connectivity index (χ2v) is 7.37. The molecule has 0 saturated heterocycles. The largest absolute Gasteiger partial charge is 0.598 e. The highest BCUT2D eigenvalue weighted by Gasteiger charge is 2.32. The maximum Gasteiger partial charge on any atom is 0.136 e. The van der Waals surface area contributed by atoms with Crippen molar-refractivity contribution in [1.82, 2.24) is 4.72 Å². The van der Waals surface area contributed by atoms with Crippen LogP contribution in [-0.4, -0.2) is 15.9 Å². The van der Waals surface area contributed by atoms with Crippen molar-refractivity contribution in [3.63, 3.8) is 0 Å². The molecule has 1 aromatic rings. The van der Waals surface area contributed by atoms with E-state index in [2.05, 4.69) is 4.72 Å². The highest BCUT2D eigenvalue weighted by Crippen LogP contribution is 2.33. The molecule has 100 valence electrons. The summed E-state index contributed by atoms with van der Waals surface area (Å²) in [5, 5.41) is 0. The Labute approximate surface area is 110 Å². The van der Waals surface area contributed by atoms with Gasteiger partial charge in [0.1, 0.15) is 16.3 Å². The van der Waals surface area contributed by atoms with E-state index in [4.69, 9.17) is 4.74 Å². The molecule has 0 unspecified atom stereocenters. The molecular weight excluding hydrogens is 253 g/mol. The predicted octanol–water partition coefficient (Wildman–Crippen LogP) is 2.70. The van der Waals surface area contributed by atoms with Gasteiger partial charge in [0.2, 0.25) is 0 Å². The summed E-state index contributed by atoms with van der Waals surface area (Å²) >= 11 is -1.18. The van der Waals surface area contributed by atoms with Crippen molar-refractivity contribution >= 4 is 11.4 Å². The first-order valence-electron chi connectivity index (χ1n) is 5.98. The van der Waals surface area contributed by atoms with Crippen LogP contribution in [0.3, 0.4) is 0 Å². The maximum absolute atomic E-state index is 13.3. The van der Waals surface area contributed by atoms with Crippen LogP contribution in [0.1, 0.15) is 38.8 Å². The Morgan fingerprint density at radius 2 is 2.17 bits per heavy atom. The van der Waals surface area contributed by atoms with E-state index in [0.29, 0.717) is 18.8 Å². The van der Waals surface area contributed by atoms with Gasteiger partial charge in [-0.25, -0.2) is 4.39 Å². The lowest BCUT2D eigenvalue weighted by molar-refractivity contribution is 0.261. The van der Waals surface area contributed by atoms with E-state index >= 15 is 0 Å². The van der Waals surface area contributed by atoms with Gasteiger partial charge in [0, 0.05) is 23.3 Å². The molecule has 0 spiro atoms. The molecule has 2 rings (SSSR count). The third-order valence-electron chi connectivity index (χ3n) is 2.82. The summed E-state index contributed by atoms with van der Waals surface area (Å²) in [6.45, 7) is 6.27. The first-order chi connectivity index (χ1) is 8.38. The molecule has 1 aromatic carbocycles. The fraction of sp³-hybridized carbons (Fsp3) is 0.538. The highest BCUT2D eigenvalue weighted by atomic mass is 32.2. The quantitative estimate of drug-likeness (QED) is 0.841. The lowest BCUT2D eigenvalue weighted by Crippen LogP contribution is -2.42. The summed E-state index contributed by atoms with van der Waals surface area (Å²) in [5.41, 5.74) is 0.749. The molecule has 1 N–H and O–H groups in total. The van der Waals surface area contributed by atoms with Crippen LogP contribution in [0.25, 0.3) is 0 Å². The number of rotatable bonds is 2. The van der Waals surface area contributed by atoms with E-state index < -0.39 is 11.4 Å². The van der Waals surface area contributed by atoms with Crippen LogP contribution in [0, 0.1) is 5.82 Å². The third-order valence-corrected chi connectivity index (χ3v) is 4.43. The number of halogens is 1. The average Bonchev–Trinajstić information content (AvgIpc) is 2.28. The van der Waals surface area contributed by atoms with Gasteiger partial charge in [-0.15, -0.1) is 4.72 Å². The topological polar surface area (TPSA) is 44.3 Å². The summed E-state index contributed by atoms with van der Waals surface area (Å²) in [4.78, 5) is 0. The van der Waals surface area contributed by atoms with Gasteiger partial charge in [-0.2, -0.15) is 0 Å². The van der Waals surface area contributed by atoms with Crippen molar-refractivity contribution in [2.24, 2.45) is 0 Å². The summed E-state index contributed by atoms with van der Waals surface area (Å²) in [6, 6.07) is 4.33. The average molecular weight is 271 g/mol. The number of hydrogen-bond acceptors (Lipinski definition) is 3. The second kappa shape index (κ2) is 5.07. The standard InChI is InChI=1S/C13H18FNO2S/c1-13(2,3)18(16)15-11-6-7-17-12-5-4-9(14)8-10(11)12/h4-5,8,11,15H,6-7H2,1-3H3/t11-,18-/m0/s1. The van der Waals surface area contributed by atoms with Gasteiger partial charge in [-0.3, -0.25) is 0 Å². The highest BCUT2D eigenvalue weighted by molar-refractivity contribution is 7.90. The van der Waals surface area contributed by atoms with Gasteiger partial charge in [0.25, 0.3) is 0 Å². The van der Waals surface area contributed by atoms with Gasteiger partial charge in [-0.05, 0) is 39.0 Å². The van der Waals surface area contributed by atoms with E-state index in [1.165, 1.54) is 12.1 Å². The van der Waals surface area contributed by atoms with Crippen LogP contribution in [-0.2, 0) is 11.4 Å². The lowest BCUT2D eigenvalue weighted by Gasteiger charge is -2.31. The van der Waals surface area contributed by atoms with E-state index in [1.807, 2.05) is 20.8 Å². The number of hydrogen-bond donors (Lipinski definition) is 1. The Balaban J connectivity index is 2.20. The molecule has 0 bridgehead atoms. The zero-order valence-electron chi connectivity index (χ0n) is 10.8. The number of nitrogens with one attached hydrogen (secondary N) is 1. The van der Waals surface area contributed by atoms with Crippen molar-refractivity contribution in [2.45, 2.75) is 38.0 Å². The minimum Gasteiger partial charge on any atom is -0.598 e. The van der Waals surface area contributed by atoms with Crippen LogP contribution in [0.4, 0.5) is 4.39 Å². The summed E-state index contributed by atoms with van der Waals surface area (Å²) in [7, 11) is 0. The van der Waals surface area contributed by atoms with Gasteiger partial charge in [0.05, 0.1) is 12.6 Å². The molecule has 0 fully saturated rings. The van der Waals surface area contributed by atoms with Crippen LogP contribution in [0.2, 0.25) is 0 Å². The molecule has 0 amide bonds. The Kier molecular flexibility index (Phi) is 3.84. The van der Waals surface area contributed by atoms with Crippen molar-refractivity contribution in [3.8, 4) is 5.75 Å². The minimum atomic E-state index is -1.18. The Morgan fingerprint density at radius 3 is 2.83 bits per heavy atom. The molecule has 3 nitrogen and oxygen atoms in total. The van der Waals surface area contributed by atoms with E-state index in [-0.39, 0.29) is 16.6 Å². The van der Waals surface area contributed by atoms with Crippen molar-refractivity contribution in [1.29, 1.82) is 0 Å². The number of benzene rings is 1. The number of ether oxygens (including phenoxy) is 1. The molecule has 2 atom stereocenters. The van der Waals surface area contributed by atoms with E-state index in [1.54, 1.807) is 6.07 Å². The monoisotopic (exact) mass is 271 g/mol. The second-order valence-electron chi connectivity index (χ2n) is 5.37. The Morgan fingerprint density at radius 1 is 1.44 bits per heavy atom. The first-order valence-corrected chi connectivity index (χ1v) is 7.13. The van der Waals surface area contributed by atoms with Crippen LogP contribution in [0.5, 0.6) is 5.75 Å². The normalized spacial score (nSPS) is 21.1. The van der Waals surface area contributed by atoms with Gasteiger partial charge in [0.15, 0.2) is 0 Å². The molecule has 18 heavy (non-hydrogen) atoms. The summed E-state index contributed by atoms with van der Waals surface area (Å²) < 4.78 is 33.6. The molecule has 5 heteroatoms. The smallest absolute Gasteiger partial charge is 0.136 e. The molecule has 0 saturated carbocycles. The molecule has 1 heterocycles. The van der Waals surface area contributed by atoms with Crippen LogP contribution >= 0.6 is 0 Å². The zero-order chi connectivity index (χ0) is 13.3. The third kappa shape index (κ3) is 2.96. The van der Waals surface area contributed by atoms with Crippen molar-refractivity contribution in [2.75, 3.05) is 6.61 Å². The molecule has 0 aliphatic carbocycles. The fourth-order valence-corrected chi connectivity index (χ4v) is 2.65. The molecule has 0 aromatic heterocycles. The van der Waals surface area contributed by atoms with Crippen LogP contribution in [0.15, 0.2) is 18.2 Å². The van der Waals surface area contributed by atoms with Crippen LogP contribution < -0.4 is 9.46 Å². The maximum atomic E-state index is 13.3. The SMILES string of the molecule is CC(C)(C)[S@+]([O-])N[C@H]1CCOc2ccc(F)cc21. The first kappa shape index (κ1) is 13.6. The van der Waals surface area contributed by atoms with Gasteiger partial charge < -0.3 is 9.29 Å². The predicted molar refractivity (Wildman–Crippen MR) is 70.3 cm³/mol. The fourth-order valence-electron chi connectivity index (χ4n) is 1.79. The minimum absolute atomic E-state index is 0.121. The molecule has 0 radical (unpaired) electrons. The van der Waals surface area contributed by atoms with E-state index in [0.717, 1.165) is 5.56 Å². The summed E-state index contributed by atoms with van der Waals surface area (Å²) in [5.74, 6) is 0.374. The van der Waals surface area contributed by atoms with Crippen molar-refractivity contribution < 1.29 is 13.7 Å². The number of fused-ring (bicyclic) bond motifs is 1. The molecule has 1 aliphatic heterocycles. The van der Waals surface area contributed by atoms with Gasteiger partial charge in [-0.1, -0.05) is 0 Å². The Hall–Kier alpha value is -0.780.